The lowest BCUT2D eigenvalue weighted by Crippen LogP contribution is -2.32. The summed E-state index contributed by atoms with van der Waals surface area (Å²) in [6.07, 6.45) is 2.20. The third kappa shape index (κ3) is 4.29. The third-order valence-corrected chi connectivity index (χ3v) is 5.70. The van der Waals surface area contributed by atoms with Crippen LogP contribution in [0.3, 0.4) is 0 Å². The van der Waals surface area contributed by atoms with Crippen molar-refractivity contribution in [2.75, 3.05) is 0 Å². The minimum Gasteiger partial charge on any atom is -0.352 e. The second-order valence-corrected chi connectivity index (χ2v) is 9.23. The minimum absolute atomic E-state index is 0.0826. The van der Waals surface area contributed by atoms with E-state index in [1.54, 1.807) is 0 Å². The maximum Gasteiger partial charge on any atom is 0.233 e. The summed E-state index contributed by atoms with van der Waals surface area (Å²) in [7, 11) is 0. The van der Waals surface area contributed by atoms with Crippen LogP contribution in [0, 0.1) is 0 Å². The van der Waals surface area contributed by atoms with Gasteiger partial charge in [-0.2, -0.15) is 0 Å². The molecule has 1 saturated carbocycles. The van der Waals surface area contributed by atoms with E-state index in [9.17, 15) is 4.79 Å². The van der Waals surface area contributed by atoms with E-state index in [0.29, 0.717) is 6.04 Å². The van der Waals surface area contributed by atoms with Crippen LogP contribution in [0.2, 0.25) is 0 Å². The molecule has 3 rings (SSSR count). The Morgan fingerprint density at radius 3 is 2.46 bits per heavy atom. The smallest absolute Gasteiger partial charge is 0.233 e. The summed E-state index contributed by atoms with van der Waals surface area (Å²) < 4.78 is 2.08. The number of hydrogen-bond acceptors (Lipinski definition) is 4. The molecule has 1 N–H and O–H groups in total. The van der Waals surface area contributed by atoms with Crippen molar-refractivity contribution in [2.45, 2.75) is 75.9 Å². The molecule has 1 atom stereocenters. The summed E-state index contributed by atoms with van der Waals surface area (Å²) in [5.74, 6) is 0.935. The third-order valence-electron chi connectivity index (χ3n) is 4.62. The van der Waals surface area contributed by atoms with Crippen molar-refractivity contribution in [3.63, 3.8) is 0 Å². The van der Waals surface area contributed by atoms with Crippen LogP contribution in [0.25, 0.3) is 11.4 Å². The predicted octanol–water partition coefficient (Wildman–Crippen LogP) is 4.02. The average molecular weight is 373 g/mol. The highest BCUT2D eigenvalue weighted by Crippen LogP contribution is 2.29. The fourth-order valence-electron chi connectivity index (χ4n) is 2.75. The molecule has 0 spiro atoms. The van der Waals surface area contributed by atoms with Gasteiger partial charge in [-0.1, -0.05) is 56.8 Å². The van der Waals surface area contributed by atoms with E-state index in [-0.39, 0.29) is 16.6 Å². The van der Waals surface area contributed by atoms with Crippen molar-refractivity contribution >= 4 is 17.7 Å². The molecule has 1 fully saturated rings. The molecule has 1 aromatic heterocycles. The monoisotopic (exact) mass is 372 g/mol. The van der Waals surface area contributed by atoms with Gasteiger partial charge >= 0.3 is 0 Å². The molecule has 1 aromatic carbocycles. The second-order valence-electron chi connectivity index (χ2n) is 7.92. The number of rotatable bonds is 6. The zero-order valence-electron chi connectivity index (χ0n) is 16.2. The van der Waals surface area contributed by atoms with Crippen LogP contribution >= 0.6 is 11.8 Å². The van der Waals surface area contributed by atoms with Gasteiger partial charge in [-0.3, -0.25) is 4.79 Å². The Morgan fingerprint density at radius 1 is 1.27 bits per heavy atom. The molecule has 1 aliphatic rings. The summed E-state index contributed by atoms with van der Waals surface area (Å²) in [6.45, 7) is 11.4. The van der Waals surface area contributed by atoms with Gasteiger partial charge < -0.3 is 9.88 Å². The maximum absolute atomic E-state index is 12.2. The molecule has 5 nitrogen and oxygen atoms in total. The Labute approximate surface area is 160 Å². The first kappa shape index (κ1) is 19.0. The lowest BCUT2D eigenvalue weighted by atomic mass is 9.87. The van der Waals surface area contributed by atoms with E-state index in [0.717, 1.165) is 35.9 Å². The summed E-state index contributed by atoms with van der Waals surface area (Å²) in [5.41, 5.74) is 2.47. The topological polar surface area (TPSA) is 59.8 Å². The van der Waals surface area contributed by atoms with E-state index < -0.39 is 0 Å². The minimum atomic E-state index is -0.179. The first-order valence-corrected chi connectivity index (χ1v) is 10.2. The van der Waals surface area contributed by atoms with Gasteiger partial charge in [-0.25, -0.2) is 0 Å². The number of carbonyl (C=O) groups excluding carboxylic acids is 1. The van der Waals surface area contributed by atoms with Crippen molar-refractivity contribution in [1.82, 2.24) is 20.1 Å². The molecule has 140 valence electrons. The Hall–Kier alpha value is -1.82. The number of thioether (sulfide) groups is 1. The molecule has 26 heavy (non-hydrogen) atoms. The molecule has 2 aromatic rings. The van der Waals surface area contributed by atoms with Gasteiger partial charge in [-0.15, -0.1) is 10.2 Å². The highest BCUT2D eigenvalue weighted by atomic mass is 32.2. The van der Waals surface area contributed by atoms with Crippen molar-refractivity contribution in [1.29, 1.82) is 0 Å². The number of amides is 1. The van der Waals surface area contributed by atoms with Crippen molar-refractivity contribution in [3.8, 4) is 11.4 Å². The Morgan fingerprint density at radius 2 is 1.92 bits per heavy atom. The maximum atomic E-state index is 12.2. The van der Waals surface area contributed by atoms with Gasteiger partial charge in [0, 0.05) is 18.2 Å². The van der Waals surface area contributed by atoms with E-state index >= 15 is 0 Å². The summed E-state index contributed by atoms with van der Waals surface area (Å²) in [5, 5.41) is 12.4. The molecule has 1 amide bonds. The fraction of sp³-hybridized carbons (Fsp3) is 0.550. The number of nitrogens with zero attached hydrogens (tertiary/aromatic N) is 3. The number of aromatic nitrogens is 3. The fourth-order valence-corrected chi connectivity index (χ4v) is 3.67. The van der Waals surface area contributed by atoms with Crippen LogP contribution in [0.5, 0.6) is 0 Å². The van der Waals surface area contributed by atoms with Gasteiger partial charge in [0.15, 0.2) is 11.0 Å². The first-order chi connectivity index (χ1) is 12.3. The zero-order valence-corrected chi connectivity index (χ0v) is 17.1. The number of carbonyl (C=O) groups is 1. The molecule has 6 heteroatoms. The molecule has 1 heterocycles. The second kappa shape index (κ2) is 7.43. The van der Waals surface area contributed by atoms with Crippen LogP contribution in [0.15, 0.2) is 29.4 Å². The standard InChI is InChI=1S/C20H28N4OS/c1-6-24-17(14-7-9-15(10-8-14)20(3,4)5)22-23-19(24)26-13(2)18(25)21-16-11-12-16/h7-10,13,16H,6,11-12H2,1-5H3,(H,21,25). The van der Waals surface area contributed by atoms with Gasteiger partial charge in [0.05, 0.1) is 5.25 Å². The van der Waals surface area contributed by atoms with Crippen molar-refractivity contribution in [3.05, 3.63) is 29.8 Å². The van der Waals surface area contributed by atoms with Crippen LogP contribution in [0.4, 0.5) is 0 Å². The number of benzene rings is 1. The number of hydrogen-bond donors (Lipinski definition) is 1. The average Bonchev–Trinajstić information content (AvgIpc) is 3.32. The SMILES string of the molecule is CCn1c(SC(C)C(=O)NC2CC2)nnc1-c1ccc(C(C)(C)C)cc1. The molecule has 0 saturated heterocycles. The van der Waals surface area contributed by atoms with E-state index in [1.807, 2.05) is 6.92 Å². The molecule has 0 aliphatic heterocycles. The summed E-state index contributed by atoms with van der Waals surface area (Å²) >= 11 is 1.47. The van der Waals surface area contributed by atoms with Crippen molar-refractivity contribution < 1.29 is 4.79 Å². The Balaban J connectivity index is 1.78. The highest BCUT2D eigenvalue weighted by molar-refractivity contribution is 8.00. The zero-order chi connectivity index (χ0) is 18.9. The summed E-state index contributed by atoms with van der Waals surface area (Å²) in [4.78, 5) is 12.2. The summed E-state index contributed by atoms with van der Waals surface area (Å²) in [6, 6.07) is 8.90. The van der Waals surface area contributed by atoms with Gasteiger partial charge in [0.2, 0.25) is 5.91 Å². The van der Waals surface area contributed by atoms with E-state index in [4.69, 9.17) is 0 Å². The van der Waals surface area contributed by atoms with Gasteiger partial charge in [0.1, 0.15) is 0 Å². The van der Waals surface area contributed by atoms with Gasteiger partial charge in [0.25, 0.3) is 0 Å². The Bertz CT molecular complexity index is 772. The lowest BCUT2D eigenvalue weighted by molar-refractivity contribution is -0.120. The molecule has 0 radical (unpaired) electrons. The molecule has 1 aliphatic carbocycles. The van der Waals surface area contributed by atoms with Crippen LogP contribution in [-0.4, -0.2) is 32.0 Å². The predicted molar refractivity (Wildman–Crippen MR) is 106 cm³/mol. The van der Waals surface area contributed by atoms with Crippen LogP contribution in [-0.2, 0) is 16.8 Å². The largest absolute Gasteiger partial charge is 0.352 e. The van der Waals surface area contributed by atoms with E-state index in [2.05, 4.69) is 72.0 Å². The molecular formula is C20H28N4OS. The normalized spacial score (nSPS) is 15.7. The van der Waals surface area contributed by atoms with Crippen LogP contribution < -0.4 is 5.32 Å². The molecule has 1 unspecified atom stereocenters. The molecule has 0 bridgehead atoms. The lowest BCUT2D eigenvalue weighted by Gasteiger charge is -2.19. The van der Waals surface area contributed by atoms with E-state index in [1.165, 1.54) is 17.3 Å². The highest BCUT2D eigenvalue weighted by Gasteiger charge is 2.27. The van der Waals surface area contributed by atoms with Crippen LogP contribution in [0.1, 0.15) is 53.0 Å². The van der Waals surface area contributed by atoms with Gasteiger partial charge in [-0.05, 0) is 37.7 Å². The molecular weight excluding hydrogens is 344 g/mol. The number of nitrogens with one attached hydrogen (secondary N) is 1. The van der Waals surface area contributed by atoms with Crippen molar-refractivity contribution in [2.24, 2.45) is 0 Å². The first-order valence-electron chi connectivity index (χ1n) is 9.30. The Kier molecular flexibility index (Phi) is 5.42. The quantitative estimate of drug-likeness (QED) is 0.778.